The van der Waals surface area contributed by atoms with Crippen molar-refractivity contribution in [3.63, 3.8) is 0 Å². The first kappa shape index (κ1) is 11.1. The molecule has 1 rings (SSSR count). The first-order chi connectivity index (χ1) is 6.69. The molecule has 0 amide bonds. The summed E-state index contributed by atoms with van der Waals surface area (Å²) >= 11 is 0. The van der Waals surface area contributed by atoms with Gasteiger partial charge in [-0.1, -0.05) is 19.8 Å². The number of hydrogen-bond acceptors (Lipinski definition) is 3. The molecular weight excluding hydrogens is 180 g/mol. The van der Waals surface area contributed by atoms with Gasteiger partial charge in [-0.3, -0.25) is 0 Å². The molecule has 0 N–H and O–H groups in total. The maximum atomic E-state index is 11.3. The predicted molar refractivity (Wildman–Crippen MR) is 53.7 cm³/mol. The zero-order chi connectivity index (χ0) is 10.6. The summed E-state index contributed by atoms with van der Waals surface area (Å²) in [6.45, 7) is 3.98. The summed E-state index contributed by atoms with van der Waals surface area (Å²) in [5, 5.41) is 0. The van der Waals surface area contributed by atoms with Crippen LogP contribution in [0.25, 0.3) is 0 Å². The van der Waals surface area contributed by atoms with Gasteiger partial charge < -0.3 is 9.47 Å². The van der Waals surface area contributed by atoms with Gasteiger partial charge >= 0.3 is 5.97 Å². The van der Waals surface area contributed by atoms with E-state index in [9.17, 15) is 4.79 Å². The minimum atomic E-state index is -0.249. The van der Waals surface area contributed by atoms with E-state index in [4.69, 9.17) is 4.74 Å². The molecule has 0 fully saturated rings. The second kappa shape index (κ2) is 5.03. The van der Waals surface area contributed by atoms with Crippen molar-refractivity contribution >= 4 is 5.97 Å². The molecule has 0 radical (unpaired) electrons. The maximum absolute atomic E-state index is 11.3. The SMILES string of the molecule is CCCCC1CC(C(=O)OC)=C(C)O1. The van der Waals surface area contributed by atoms with Gasteiger partial charge in [-0.15, -0.1) is 0 Å². The van der Waals surface area contributed by atoms with Crippen molar-refractivity contribution in [2.75, 3.05) is 7.11 Å². The van der Waals surface area contributed by atoms with Gasteiger partial charge in [0.05, 0.1) is 12.7 Å². The number of methoxy groups -OCH3 is 1. The Kier molecular flexibility index (Phi) is 3.98. The lowest BCUT2D eigenvalue weighted by atomic mass is 10.1. The lowest BCUT2D eigenvalue weighted by Crippen LogP contribution is -2.08. The van der Waals surface area contributed by atoms with Gasteiger partial charge in [-0.05, 0) is 13.3 Å². The van der Waals surface area contributed by atoms with Gasteiger partial charge in [0.1, 0.15) is 11.9 Å². The molecule has 14 heavy (non-hydrogen) atoms. The summed E-state index contributed by atoms with van der Waals surface area (Å²) in [7, 11) is 1.40. The van der Waals surface area contributed by atoms with Crippen LogP contribution in [0, 0.1) is 0 Å². The number of hydrogen-bond donors (Lipinski definition) is 0. The highest BCUT2D eigenvalue weighted by molar-refractivity contribution is 5.89. The average molecular weight is 198 g/mol. The molecule has 0 aromatic rings. The number of carbonyl (C=O) groups excluding carboxylic acids is 1. The molecule has 1 aliphatic rings. The van der Waals surface area contributed by atoms with Crippen LogP contribution in [0.3, 0.4) is 0 Å². The summed E-state index contributed by atoms with van der Waals surface area (Å²) in [5.41, 5.74) is 0.702. The van der Waals surface area contributed by atoms with Crippen LogP contribution in [-0.4, -0.2) is 19.2 Å². The van der Waals surface area contributed by atoms with E-state index >= 15 is 0 Å². The van der Waals surface area contributed by atoms with Crippen LogP contribution in [-0.2, 0) is 14.3 Å². The predicted octanol–water partition coefficient (Wildman–Crippen LogP) is 2.41. The molecule has 0 aliphatic carbocycles. The molecule has 0 aromatic heterocycles. The van der Waals surface area contributed by atoms with Crippen LogP contribution < -0.4 is 0 Å². The Morgan fingerprint density at radius 1 is 1.64 bits per heavy atom. The molecule has 3 heteroatoms. The zero-order valence-corrected chi connectivity index (χ0v) is 9.13. The fourth-order valence-corrected chi connectivity index (χ4v) is 1.68. The standard InChI is InChI=1S/C11H18O3/c1-4-5-6-9-7-10(8(2)14-9)11(12)13-3/h9H,4-7H2,1-3H3. The van der Waals surface area contributed by atoms with Gasteiger partial charge in [-0.2, -0.15) is 0 Å². The highest BCUT2D eigenvalue weighted by Crippen LogP contribution is 2.28. The Labute approximate surface area is 85.1 Å². The zero-order valence-electron chi connectivity index (χ0n) is 9.13. The Bertz CT molecular complexity index is 243. The van der Waals surface area contributed by atoms with Gasteiger partial charge in [0.2, 0.25) is 0 Å². The van der Waals surface area contributed by atoms with Crippen molar-refractivity contribution in [1.82, 2.24) is 0 Å². The molecule has 1 heterocycles. The second-order valence-corrected chi connectivity index (χ2v) is 3.61. The third-order valence-electron chi connectivity index (χ3n) is 2.51. The quantitative estimate of drug-likeness (QED) is 0.651. The van der Waals surface area contributed by atoms with Crippen molar-refractivity contribution in [3.05, 3.63) is 11.3 Å². The van der Waals surface area contributed by atoms with E-state index in [0.717, 1.165) is 25.0 Å². The van der Waals surface area contributed by atoms with Crippen LogP contribution in [0.2, 0.25) is 0 Å². The lowest BCUT2D eigenvalue weighted by Gasteiger charge is -2.09. The summed E-state index contributed by atoms with van der Waals surface area (Å²) in [5.74, 6) is 0.486. The van der Waals surface area contributed by atoms with E-state index in [2.05, 4.69) is 11.7 Å². The highest BCUT2D eigenvalue weighted by Gasteiger charge is 2.27. The summed E-state index contributed by atoms with van der Waals surface area (Å²) in [6, 6.07) is 0. The van der Waals surface area contributed by atoms with Crippen LogP contribution >= 0.6 is 0 Å². The molecule has 80 valence electrons. The molecule has 1 aliphatic heterocycles. The Morgan fingerprint density at radius 2 is 2.36 bits per heavy atom. The first-order valence-electron chi connectivity index (χ1n) is 5.13. The van der Waals surface area contributed by atoms with E-state index < -0.39 is 0 Å². The van der Waals surface area contributed by atoms with Gasteiger partial charge in [0.25, 0.3) is 0 Å². The minimum absolute atomic E-state index is 0.184. The molecule has 0 aromatic carbocycles. The highest BCUT2D eigenvalue weighted by atomic mass is 16.5. The molecule has 1 unspecified atom stereocenters. The minimum Gasteiger partial charge on any atom is -0.494 e. The molecule has 0 saturated carbocycles. The van der Waals surface area contributed by atoms with Crippen molar-refractivity contribution in [3.8, 4) is 0 Å². The van der Waals surface area contributed by atoms with Crippen LogP contribution in [0.15, 0.2) is 11.3 Å². The average Bonchev–Trinajstić information content (AvgIpc) is 2.55. The number of rotatable bonds is 4. The van der Waals surface area contributed by atoms with Crippen molar-refractivity contribution in [1.29, 1.82) is 0 Å². The number of carbonyl (C=O) groups is 1. The fourth-order valence-electron chi connectivity index (χ4n) is 1.68. The topological polar surface area (TPSA) is 35.5 Å². The van der Waals surface area contributed by atoms with Crippen LogP contribution in [0.5, 0.6) is 0 Å². The van der Waals surface area contributed by atoms with E-state index in [-0.39, 0.29) is 12.1 Å². The van der Waals surface area contributed by atoms with E-state index in [1.807, 2.05) is 6.92 Å². The molecule has 3 nitrogen and oxygen atoms in total. The van der Waals surface area contributed by atoms with E-state index in [1.165, 1.54) is 7.11 Å². The van der Waals surface area contributed by atoms with Gasteiger partial charge in [-0.25, -0.2) is 4.79 Å². The summed E-state index contributed by atoms with van der Waals surface area (Å²) in [6.07, 6.45) is 4.22. The Morgan fingerprint density at radius 3 is 2.93 bits per heavy atom. The van der Waals surface area contributed by atoms with Crippen LogP contribution in [0.1, 0.15) is 39.5 Å². The van der Waals surface area contributed by atoms with Crippen LogP contribution in [0.4, 0.5) is 0 Å². The molecule has 1 atom stereocenters. The number of allylic oxidation sites excluding steroid dienone is 1. The smallest absolute Gasteiger partial charge is 0.337 e. The van der Waals surface area contributed by atoms with E-state index in [1.54, 1.807) is 0 Å². The fraction of sp³-hybridized carbons (Fsp3) is 0.727. The number of ether oxygens (including phenoxy) is 2. The molecule has 0 saturated heterocycles. The third kappa shape index (κ3) is 2.50. The largest absolute Gasteiger partial charge is 0.494 e. The normalized spacial score (nSPS) is 20.9. The molecule has 0 bridgehead atoms. The molecular formula is C11H18O3. The number of esters is 1. The van der Waals surface area contributed by atoms with Crippen molar-refractivity contribution in [2.45, 2.75) is 45.6 Å². The van der Waals surface area contributed by atoms with Gasteiger partial charge in [0.15, 0.2) is 0 Å². The summed E-state index contributed by atoms with van der Waals surface area (Å²) in [4.78, 5) is 11.3. The van der Waals surface area contributed by atoms with Crippen molar-refractivity contribution in [2.24, 2.45) is 0 Å². The van der Waals surface area contributed by atoms with E-state index in [0.29, 0.717) is 12.0 Å². The van der Waals surface area contributed by atoms with Crippen molar-refractivity contribution < 1.29 is 14.3 Å². The first-order valence-corrected chi connectivity index (χ1v) is 5.13. The summed E-state index contributed by atoms with van der Waals surface area (Å²) < 4.78 is 10.3. The Hall–Kier alpha value is -0.990. The Balaban J connectivity index is 2.47. The second-order valence-electron chi connectivity index (χ2n) is 3.61. The third-order valence-corrected chi connectivity index (χ3v) is 2.51. The molecule has 0 spiro atoms. The number of unbranched alkanes of at least 4 members (excludes halogenated alkanes) is 1. The lowest BCUT2D eigenvalue weighted by molar-refractivity contribution is -0.136. The monoisotopic (exact) mass is 198 g/mol. The maximum Gasteiger partial charge on any atom is 0.337 e. The van der Waals surface area contributed by atoms with Gasteiger partial charge in [0, 0.05) is 6.42 Å².